The molecule has 0 bridgehead atoms. The van der Waals surface area contributed by atoms with E-state index in [0.29, 0.717) is 47.0 Å². The number of hydrogen-bond acceptors (Lipinski definition) is 12. The number of benzene rings is 4. The number of nitrogens with zero attached hydrogens (tertiary/aromatic N) is 2. The van der Waals surface area contributed by atoms with Crippen molar-refractivity contribution in [3.63, 3.8) is 0 Å². The van der Waals surface area contributed by atoms with Crippen LogP contribution in [0.2, 0.25) is 10.0 Å². The number of anilines is 4. The molecule has 2 aliphatic heterocycles. The highest BCUT2D eigenvalue weighted by atomic mass is 35.5. The van der Waals surface area contributed by atoms with E-state index < -0.39 is 20.0 Å². The van der Waals surface area contributed by atoms with Gasteiger partial charge in [0, 0.05) is 72.2 Å². The summed E-state index contributed by atoms with van der Waals surface area (Å²) in [5, 5.41) is 9.26. The number of ether oxygens (including phenoxy) is 2. The number of thiophene rings is 1. The first-order valence-corrected chi connectivity index (χ1v) is 25.2. The van der Waals surface area contributed by atoms with Crippen LogP contribution in [0.1, 0.15) is 27.7 Å². The lowest BCUT2D eigenvalue weighted by molar-refractivity contribution is 0.406. The molecule has 13 nitrogen and oxygen atoms in total. The molecule has 4 aromatic carbocycles. The number of furan rings is 1. The monoisotopic (exact) mass is 966 g/mol. The average Bonchev–Trinajstić information content (AvgIpc) is 3.99. The molecule has 340 valence electrons. The van der Waals surface area contributed by atoms with Crippen molar-refractivity contribution in [1.82, 2.24) is 10.6 Å². The SMILES string of the molecule is COc1ccc(N2C[C@@H](C)N[C@@H](C)C2)cc1NS(=O)(=O)c1ccc(-c2cccs2)cc1Cl.COc1ccc(N2C[C@@H](C)N[C@@H](C)C2)cc1NS(=O)(=O)c1ccc(-c2ccoc2)cc1Cl. The summed E-state index contributed by atoms with van der Waals surface area (Å²) in [6.45, 7) is 11.8. The van der Waals surface area contributed by atoms with Crippen molar-refractivity contribution in [1.29, 1.82) is 0 Å². The second-order valence-electron chi connectivity index (χ2n) is 16.0. The van der Waals surface area contributed by atoms with Gasteiger partial charge in [-0.1, -0.05) is 41.4 Å². The van der Waals surface area contributed by atoms with Crippen molar-refractivity contribution in [2.75, 3.05) is 59.6 Å². The molecule has 0 aliphatic carbocycles. The van der Waals surface area contributed by atoms with E-state index in [1.807, 2.05) is 35.7 Å². The van der Waals surface area contributed by atoms with Gasteiger partial charge in [0.05, 0.1) is 48.2 Å². The molecule has 0 spiro atoms. The van der Waals surface area contributed by atoms with E-state index in [1.165, 1.54) is 26.4 Å². The van der Waals surface area contributed by atoms with E-state index in [4.69, 9.17) is 37.1 Å². The Bertz CT molecular complexity index is 2570. The van der Waals surface area contributed by atoms with E-state index in [-0.39, 0.29) is 19.8 Å². The normalized spacial score (nSPS) is 19.1. The van der Waals surface area contributed by atoms with Crippen LogP contribution in [0.25, 0.3) is 21.6 Å². The fraction of sp³-hybridized carbons (Fsp3) is 0.304. The maximum Gasteiger partial charge on any atom is 0.263 e. The molecule has 4 N–H and O–H groups in total. The summed E-state index contributed by atoms with van der Waals surface area (Å²) in [6.07, 6.45) is 3.13. The van der Waals surface area contributed by atoms with E-state index in [1.54, 1.807) is 72.4 Å². The third kappa shape index (κ3) is 11.1. The number of nitrogens with one attached hydrogen (secondary N) is 4. The Hall–Kier alpha value is -4.94. The molecule has 2 aromatic heterocycles. The Morgan fingerprint density at radius 2 is 1.09 bits per heavy atom. The lowest BCUT2D eigenvalue weighted by Crippen LogP contribution is -2.54. The number of piperazine rings is 2. The summed E-state index contributed by atoms with van der Waals surface area (Å²) < 4.78 is 74.0. The van der Waals surface area contributed by atoms with Gasteiger partial charge in [-0.25, -0.2) is 16.8 Å². The van der Waals surface area contributed by atoms with Crippen LogP contribution in [0.5, 0.6) is 11.5 Å². The van der Waals surface area contributed by atoms with Crippen LogP contribution in [0.4, 0.5) is 22.7 Å². The summed E-state index contributed by atoms with van der Waals surface area (Å²) in [5.41, 5.74) is 5.06. The largest absolute Gasteiger partial charge is 0.495 e. The summed E-state index contributed by atoms with van der Waals surface area (Å²) in [6, 6.07) is 27.9. The molecule has 4 heterocycles. The molecule has 0 amide bonds. The van der Waals surface area contributed by atoms with Crippen molar-refractivity contribution < 1.29 is 30.7 Å². The zero-order valence-corrected chi connectivity index (χ0v) is 40.2. The van der Waals surface area contributed by atoms with Crippen molar-refractivity contribution in [3.8, 4) is 33.1 Å². The van der Waals surface area contributed by atoms with E-state index >= 15 is 0 Å². The first-order chi connectivity index (χ1) is 30.5. The number of sulfonamides is 2. The van der Waals surface area contributed by atoms with Crippen molar-refractivity contribution in [2.45, 2.75) is 61.7 Å². The molecule has 2 fully saturated rings. The molecule has 6 aromatic rings. The number of halogens is 2. The Balaban J connectivity index is 0.000000191. The second-order valence-corrected chi connectivity index (χ2v) is 21.1. The fourth-order valence-corrected chi connectivity index (χ4v) is 12.0. The molecule has 0 saturated carbocycles. The molecule has 18 heteroatoms. The predicted octanol–water partition coefficient (Wildman–Crippen LogP) is 9.66. The molecule has 2 saturated heterocycles. The summed E-state index contributed by atoms with van der Waals surface area (Å²) in [7, 11) is -4.84. The van der Waals surface area contributed by atoms with Crippen LogP contribution < -0.4 is 39.4 Å². The highest BCUT2D eigenvalue weighted by molar-refractivity contribution is 7.93. The number of hydrogen-bond donors (Lipinski definition) is 4. The Morgan fingerprint density at radius 3 is 1.50 bits per heavy atom. The van der Waals surface area contributed by atoms with Gasteiger partial charge in [-0.2, -0.15) is 0 Å². The van der Waals surface area contributed by atoms with Gasteiger partial charge in [-0.3, -0.25) is 9.44 Å². The maximum atomic E-state index is 13.2. The van der Waals surface area contributed by atoms with Crippen LogP contribution in [0.15, 0.2) is 123 Å². The van der Waals surface area contributed by atoms with Crippen LogP contribution in [-0.4, -0.2) is 81.4 Å². The minimum atomic E-state index is -3.95. The van der Waals surface area contributed by atoms with Gasteiger partial charge in [0.2, 0.25) is 0 Å². The molecule has 2 aliphatic rings. The summed E-state index contributed by atoms with van der Waals surface area (Å²) in [5.74, 6) is 0.875. The van der Waals surface area contributed by atoms with E-state index in [0.717, 1.165) is 59.1 Å². The van der Waals surface area contributed by atoms with Gasteiger partial charge < -0.3 is 34.3 Å². The van der Waals surface area contributed by atoms with Crippen molar-refractivity contribution in [2.24, 2.45) is 0 Å². The fourth-order valence-electron chi connectivity index (χ4n) is 8.06. The van der Waals surface area contributed by atoms with Gasteiger partial charge in [0.25, 0.3) is 20.0 Å². The average molecular weight is 968 g/mol. The minimum Gasteiger partial charge on any atom is -0.495 e. The topological polar surface area (TPSA) is 154 Å². The van der Waals surface area contributed by atoms with Gasteiger partial charge in [0.15, 0.2) is 0 Å². The molecule has 4 atom stereocenters. The number of methoxy groups -OCH3 is 2. The molecular formula is C46H52Cl2N6O7S3. The Kier molecular flexibility index (Phi) is 14.7. The quantitative estimate of drug-likeness (QED) is 0.0927. The predicted molar refractivity (Wildman–Crippen MR) is 260 cm³/mol. The lowest BCUT2D eigenvalue weighted by Gasteiger charge is -2.38. The zero-order chi connectivity index (χ0) is 45.8. The summed E-state index contributed by atoms with van der Waals surface area (Å²) >= 11 is 14.3. The maximum absolute atomic E-state index is 13.2. The van der Waals surface area contributed by atoms with Gasteiger partial charge in [-0.15, -0.1) is 11.3 Å². The molecule has 8 rings (SSSR count). The lowest BCUT2D eigenvalue weighted by atomic mass is 10.1. The van der Waals surface area contributed by atoms with Gasteiger partial charge in [0.1, 0.15) is 21.3 Å². The van der Waals surface area contributed by atoms with Crippen molar-refractivity contribution in [3.05, 3.63) is 119 Å². The van der Waals surface area contributed by atoms with E-state index in [9.17, 15) is 16.8 Å². The van der Waals surface area contributed by atoms with E-state index in [2.05, 4.69) is 57.6 Å². The number of rotatable bonds is 12. The smallest absolute Gasteiger partial charge is 0.263 e. The second kappa shape index (κ2) is 20.1. The third-order valence-corrected chi connectivity index (χ3v) is 15.4. The first-order valence-electron chi connectivity index (χ1n) is 20.6. The van der Waals surface area contributed by atoms with Gasteiger partial charge >= 0.3 is 0 Å². The molecule has 64 heavy (non-hydrogen) atoms. The minimum absolute atomic E-state index is 0.0108. The van der Waals surface area contributed by atoms with Gasteiger partial charge in [-0.05, 0) is 117 Å². The highest BCUT2D eigenvalue weighted by Gasteiger charge is 2.26. The van der Waals surface area contributed by atoms with Crippen molar-refractivity contribution >= 4 is 77.3 Å². The Labute approximate surface area is 389 Å². The third-order valence-electron chi connectivity index (χ3n) is 10.8. The molecule has 0 radical (unpaired) electrons. The van der Waals surface area contributed by atoms with Crippen LogP contribution in [-0.2, 0) is 20.0 Å². The first kappa shape index (κ1) is 47.0. The molecule has 0 unspecified atom stereocenters. The molecular weight excluding hydrogens is 916 g/mol. The standard InChI is InChI=1S/C23H26ClN3O4S.C23H26ClN3O3S2/c1-15-12-27(13-16(2)25-15)19-5-6-22(30-3)21(11-19)26-32(28,29)23-7-4-17(10-20(23)24)18-8-9-31-14-18;1-15-13-27(14-16(2)25-15)18-7-8-21(30-3)20(12-18)26-32(28,29)23-9-6-17(11-19(23)24)22-5-4-10-31-22/h4-11,14-16,25-26H,12-13H2,1-3H3;4-12,15-16,25-26H,13-14H2,1-3H3/t2*15-,16+. The Morgan fingerprint density at radius 1 is 0.625 bits per heavy atom. The highest BCUT2D eigenvalue weighted by Crippen LogP contribution is 2.37. The van der Waals surface area contributed by atoms with Crippen LogP contribution in [0.3, 0.4) is 0 Å². The van der Waals surface area contributed by atoms with Crippen LogP contribution in [0, 0.1) is 0 Å². The van der Waals surface area contributed by atoms with Crippen LogP contribution >= 0.6 is 34.5 Å². The summed E-state index contributed by atoms with van der Waals surface area (Å²) in [4.78, 5) is 5.51. The zero-order valence-electron chi connectivity index (χ0n) is 36.3.